The van der Waals surface area contributed by atoms with E-state index in [4.69, 9.17) is 9.73 Å². The van der Waals surface area contributed by atoms with Gasteiger partial charge in [0.2, 0.25) is 0 Å². The van der Waals surface area contributed by atoms with E-state index in [0.717, 1.165) is 50.0 Å². The van der Waals surface area contributed by atoms with Gasteiger partial charge in [-0.3, -0.25) is 4.79 Å². The number of unbranched alkanes of at least 4 members (excludes halogenated alkanes) is 9. The van der Waals surface area contributed by atoms with Crippen molar-refractivity contribution in [2.24, 2.45) is 14.4 Å². The van der Waals surface area contributed by atoms with Crippen LogP contribution in [-0.4, -0.2) is 59.0 Å². The predicted molar refractivity (Wildman–Crippen MR) is 212 cm³/mol. The summed E-state index contributed by atoms with van der Waals surface area (Å²) in [5.74, 6) is -0.606. The van der Waals surface area contributed by atoms with Crippen LogP contribution in [0.2, 0.25) is 0 Å². The second kappa shape index (κ2) is 19.8. The number of carbonyl (C=O) groups excluding carboxylic acids is 1. The molecule has 11 heteroatoms. The molecule has 1 N–H and O–H groups in total. The SMILES string of the molecule is CCCCCCCCCCCCN1C(/C(=N/c2ccc(N(CC)CC)cc2/N=C\OC)C(=O)Nc2ccccc2C)=NS(=O)(=O)c2ccccc21. The summed E-state index contributed by atoms with van der Waals surface area (Å²) in [5.41, 5.74) is 3.55. The Kier molecular flexibility index (Phi) is 15.2. The number of hydrogen-bond acceptors (Lipinski definition) is 8. The van der Waals surface area contributed by atoms with Crippen molar-refractivity contribution >= 4 is 62.3 Å². The van der Waals surface area contributed by atoms with E-state index < -0.39 is 15.9 Å². The molecular formula is C40H54N6O4S. The maximum atomic E-state index is 14.4. The van der Waals surface area contributed by atoms with Crippen molar-refractivity contribution in [2.45, 2.75) is 96.8 Å². The Bertz CT molecular complexity index is 1800. The number of amides is 1. The fourth-order valence-electron chi connectivity index (χ4n) is 6.20. The Morgan fingerprint density at radius 3 is 2.18 bits per heavy atom. The second-order valence-electron chi connectivity index (χ2n) is 12.7. The van der Waals surface area contributed by atoms with E-state index >= 15 is 0 Å². The molecule has 1 aliphatic rings. The van der Waals surface area contributed by atoms with Gasteiger partial charge >= 0.3 is 0 Å². The average molecular weight is 715 g/mol. The van der Waals surface area contributed by atoms with Crippen LogP contribution < -0.4 is 15.1 Å². The number of sulfonamides is 1. The molecule has 0 spiro atoms. The molecular weight excluding hydrogens is 661 g/mol. The number of ether oxygens (including phenoxy) is 1. The number of fused-ring (bicyclic) bond motifs is 1. The molecule has 0 saturated heterocycles. The van der Waals surface area contributed by atoms with E-state index in [-0.39, 0.29) is 16.4 Å². The lowest BCUT2D eigenvalue weighted by Crippen LogP contribution is -2.45. The highest BCUT2D eigenvalue weighted by atomic mass is 32.2. The van der Waals surface area contributed by atoms with Crippen LogP contribution in [0, 0.1) is 6.92 Å². The van der Waals surface area contributed by atoms with Gasteiger partial charge in [0.25, 0.3) is 15.9 Å². The first-order chi connectivity index (χ1) is 24.7. The Morgan fingerprint density at radius 2 is 1.51 bits per heavy atom. The van der Waals surface area contributed by atoms with Gasteiger partial charge in [0.05, 0.1) is 24.2 Å². The minimum absolute atomic E-state index is 0.0230. The highest BCUT2D eigenvalue weighted by Gasteiger charge is 2.35. The van der Waals surface area contributed by atoms with Gasteiger partial charge in [-0.1, -0.05) is 95.0 Å². The highest BCUT2D eigenvalue weighted by molar-refractivity contribution is 7.90. The second-order valence-corrected chi connectivity index (χ2v) is 14.3. The van der Waals surface area contributed by atoms with Gasteiger partial charge in [-0.05, 0) is 69.2 Å². The highest BCUT2D eigenvalue weighted by Crippen LogP contribution is 2.36. The molecule has 1 heterocycles. The van der Waals surface area contributed by atoms with Gasteiger partial charge in [-0.2, -0.15) is 8.42 Å². The summed E-state index contributed by atoms with van der Waals surface area (Å²) in [7, 11) is -2.64. The molecule has 0 saturated carbocycles. The number of benzene rings is 3. The Morgan fingerprint density at radius 1 is 0.863 bits per heavy atom. The van der Waals surface area contributed by atoms with E-state index in [1.165, 1.54) is 52.0 Å². The minimum Gasteiger partial charge on any atom is -0.486 e. The van der Waals surface area contributed by atoms with Crippen molar-refractivity contribution in [3.05, 3.63) is 72.3 Å². The summed E-state index contributed by atoms with van der Waals surface area (Å²) in [4.78, 5) is 27.8. The predicted octanol–water partition coefficient (Wildman–Crippen LogP) is 9.39. The molecule has 51 heavy (non-hydrogen) atoms. The molecule has 1 aliphatic heterocycles. The molecule has 0 fully saturated rings. The summed E-state index contributed by atoms with van der Waals surface area (Å²) >= 11 is 0. The number of carbonyl (C=O) groups is 1. The molecule has 0 aromatic heterocycles. The number of hydrogen-bond donors (Lipinski definition) is 1. The number of aliphatic imine (C=N–C) groups is 2. The smallest absolute Gasteiger partial charge is 0.286 e. The van der Waals surface area contributed by atoms with Crippen LogP contribution in [-0.2, 0) is 19.6 Å². The van der Waals surface area contributed by atoms with Crippen molar-refractivity contribution in [2.75, 3.05) is 41.9 Å². The number of anilines is 3. The molecule has 4 rings (SSSR count). The van der Waals surface area contributed by atoms with Crippen molar-refractivity contribution in [1.29, 1.82) is 0 Å². The number of rotatable bonds is 20. The third-order valence-corrected chi connectivity index (χ3v) is 10.4. The standard InChI is InChI=1S/C40H54N6O4S/c1-6-9-10-11-12-13-14-15-16-21-28-46-36-24-19-20-25-37(36)51(48,49)44-39(46)38(40(47)43-33-23-18-17-22-31(33)4)42-34-27-26-32(45(7-2)8-3)29-35(34)41-30-50-5/h17-20,22-27,29-30H,6-16,21,28H2,1-5H3,(H,43,47)/b41-30-,42-38-. The Balaban J connectivity index is 1.76. The van der Waals surface area contributed by atoms with E-state index in [0.29, 0.717) is 29.3 Å². The first-order valence-electron chi connectivity index (χ1n) is 18.4. The van der Waals surface area contributed by atoms with Gasteiger partial charge in [-0.25, -0.2) is 9.98 Å². The van der Waals surface area contributed by atoms with Crippen LogP contribution >= 0.6 is 0 Å². The Hall–Kier alpha value is -4.51. The zero-order valence-electron chi connectivity index (χ0n) is 30.9. The molecule has 0 atom stereocenters. The van der Waals surface area contributed by atoms with Crippen molar-refractivity contribution in [1.82, 2.24) is 0 Å². The third-order valence-electron chi connectivity index (χ3n) is 9.07. The molecule has 3 aromatic rings. The first kappa shape index (κ1) is 39.3. The van der Waals surface area contributed by atoms with Crippen molar-refractivity contribution in [3.63, 3.8) is 0 Å². The summed E-state index contributed by atoms with van der Waals surface area (Å²) < 4.78 is 36.9. The van der Waals surface area contributed by atoms with Crippen LogP contribution in [0.1, 0.15) is 90.5 Å². The summed E-state index contributed by atoms with van der Waals surface area (Å²) in [6, 6.07) is 19.8. The van der Waals surface area contributed by atoms with Crippen LogP contribution in [0.3, 0.4) is 0 Å². The number of aryl methyl sites for hydroxylation is 1. The largest absolute Gasteiger partial charge is 0.486 e. The average Bonchev–Trinajstić information content (AvgIpc) is 3.13. The van der Waals surface area contributed by atoms with E-state index in [1.807, 2.05) is 42.2 Å². The molecule has 10 nitrogen and oxygen atoms in total. The van der Waals surface area contributed by atoms with Crippen molar-refractivity contribution in [3.8, 4) is 0 Å². The summed E-state index contributed by atoms with van der Waals surface area (Å²) in [6.07, 6.45) is 12.9. The van der Waals surface area contributed by atoms with Gasteiger partial charge in [0.15, 0.2) is 17.9 Å². The fraction of sp³-hybridized carbons (Fsp3) is 0.450. The lowest BCUT2D eigenvalue weighted by atomic mass is 10.1. The molecule has 274 valence electrons. The lowest BCUT2D eigenvalue weighted by Gasteiger charge is -2.31. The number of amidine groups is 1. The summed E-state index contributed by atoms with van der Waals surface area (Å²) in [6.45, 7) is 10.3. The van der Waals surface area contributed by atoms with E-state index in [2.05, 4.69) is 40.4 Å². The number of methoxy groups -OCH3 is 1. The lowest BCUT2D eigenvalue weighted by molar-refractivity contribution is -0.110. The first-order valence-corrected chi connectivity index (χ1v) is 19.8. The molecule has 0 aliphatic carbocycles. The maximum absolute atomic E-state index is 14.4. The number of nitrogens with one attached hydrogen (secondary N) is 1. The monoisotopic (exact) mass is 714 g/mol. The molecule has 1 amide bonds. The van der Waals surface area contributed by atoms with Gasteiger partial charge < -0.3 is 19.9 Å². The zero-order chi connectivity index (χ0) is 36.6. The molecule has 0 unspecified atom stereocenters. The minimum atomic E-state index is -4.15. The zero-order valence-corrected chi connectivity index (χ0v) is 31.7. The molecule has 0 bridgehead atoms. The quantitative estimate of drug-likeness (QED) is 0.0708. The normalized spacial score (nSPS) is 13.9. The topological polar surface area (TPSA) is 116 Å². The number of nitrogens with zero attached hydrogens (tertiary/aromatic N) is 5. The van der Waals surface area contributed by atoms with Crippen LogP contribution in [0.4, 0.5) is 28.4 Å². The summed E-state index contributed by atoms with van der Waals surface area (Å²) in [5, 5.41) is 2.98. The van der Waals surface area contributed by atoms with Crippen LogP contribution in [0.25, 0.3) is 0 Å². The number of para-hydroxylation sites is 2. The van der Waals surface area contributed by atoms with Crippen LogP contribution in [0.15, 0.2) is 86.0 Å². The Labute approximate surface area is 304 Å². The maximum Gasteiger partial charge on any atom is 0.286 e. The van der Waals surface area contributed by atoms with E-state index in [9.17, 15) is 13.2 Å². The van der Waals surface area contributed by atoms with Crippen molar-refractivity contribution < 1.29 is 17.9 Å². The van der Waals surface area contributed by atoms with Gasteiger partial charge in [-0.15, -0.1) is 4.40 Å². The third kappa shape index (κ3) is 10.7. The van der Waals surface area contributed by atoms with Crippen LogP contribution in [0.5, 0.6) is 0 Å². The molecule has 0 radical (unpaired) electrons. The fourth-order valence-corrected chi connectivity index (χ4v) is 7.41. The molecule has 3 aromatic carbocycles. The van der Waals surface area contributed by atoms with E-state index in [1.54, 1.807) is 36.4 Å². The van der Waals surface area contributed by atoms with Gasteiger partial charge in [0.1, 0.15) is 4.90 Å². The van der Waals surface area contributed by atoms with Gasteiger partial charge in [0, 0.05) is 31.0 Å².